The molecule has 4 aromatic rings. The van der Waals surface area contributed by atoms with Crippen LogP contribution in [0.4, 0.5) is 9.59 Å². The largest absolute Gasteiger partial charge is 0.444 e. The summed E-state index contributed by atoms with van der Waals surface area (Å²) >= 11 is 0. The number of hydrogen-bond donors (Lipinski definition) is 2. The average molecular weight is 629 g/mol. The molecular formula is C36H48N6O4. The van der Waals surface area contributed by atoms with Crippen molar-refractivity contribution in [3.05, 3.63) is 72.6 Å². The number of ether oxygens (including phenoxy) is 2. The first-order valence-corrected chi connectivity index (χ1v) is 16.0. The highest BCUT2D eigenvalue weighted by Crippen LogP contribution is 2.27. The highest BCUT2D eigenvalue weighted by atomic mass is 16.6. The molecule has 2 amide bonds. The Bertz CT molecular complexity index is 1460. The molecule has 0 aliphatic carbocycles. The Morgan fingerprint density at radius 3 is 1.24 bits per heavy atom. The van der Waals surface area contributed by atoms with Crippen LogP contribution in [0.3, 0.4) is 0 Å². The quantitative estimate of drug-likeness (QED) is 0.172. The van der Waals surface area contributed by atoms with Gasteiger partial charge in [-0.05, 0) is 76.6 Å². The molecule has 0 atom stereocenters. The van der Waals surface area contributed by atoms with Crippen molar-refractivity contribution >= 4 is 12.2 Å². The highest BCUT2D eigenvalue weighted by Gasteiger charge is 2.24. The molecule has 10 nitrogen and oxygen atoms in total. The number of H-pyrrole nitrogens is 2. The van der Waals surface area contributed by atoms with Gasteiger partial charge in [0.25, 0.3) is 0 Å². The molecule has 0 saturated heterocycles. The summed E-state index contributed by atoms with van der Waals surface area (Å²) in [4.78, 5) is 44.4. The van der Waals surface area contributed by atoms with Gasteiger partial charge in [0.1, 0.15) is 22.9 Å². The molecule has 2 aromatic carbocycles. The van der Waals surface area contributed by atoms with Gasteiger partial charge in [-0.2, -0.15) is 0 Å². The number of rotatable bonds is 11. The van der Waals surface area contributed by atoms with E-state index in [9.17, 15) is 9.59 Å². The van der Waals surface area contributed by atoms with Crippen LogP contribution in [0.1, 0.15) is 79.9 Å². The Morgan fingerprint density at radius 2 is 0.935 bits per heavy atom. The van der Waals surface area contributed by atoms with Crippen molar-refractivity contribution in [3.63, 3.8) is 0 Å². The minimum atomic E-state index is -0.552. The van der Waals surface area contributed by atoms with Crippen LogP contribution in [0.25, 0.3) is 33.6 Å². The van der Waals surface area contributed by atoms with Crippen LogP contribution >= 0.6 is 0 Å². The van der Waals surface area contributed by atoms with Crippen molar-refractivity contribution in [1.82, 2.24) is 29.7 Å². The molecule has 0 aliphatic rings. The van der Waals surface area contributed by atoms with Crippen molar-refractivity contribution < 1.29 is 19.1 Å². The monoisotopic (exact) mass is 628 g/mol. The molecule has 2 N–H and O–H groups in total. The average Bonchev–Trinajstić information content (AvgIpc) is 3.65. The molecule has 46 heavy (non-hydrogen) atoms. The molecule has 2 aromatic heterocycles. The SMILES string of the molecule is CCCN(Cc1ncc(-c2ccc(-c3ccc(-c4cnc(CN(CCC)C(=O)OC(C)(C)C)[nH]4)cc3)cc2)[nH]1)C(=O)OC(C)(C)C. The third-order valence-electron chi connectivity index (χ3n) is 6.95. The summed E-state index contributed by atoms with van der Waals surface area (Å²) in [6, 6.07) is 16.6. The summed E-state index contributed by atoms with van der Waals surface area (Å²) in [5.74, 6) is 1.41. The fourth-order valence-electron chi connectivity index (χ4n) is 4.89. The number of amides is 2. The zero-order valence-corrected chi connectivity index (χ0v) is 28.4. The van der Waals surface area contributed by atoms with E-state index in [0.29, 0.717) is 37.8 Å². The first-order valence-electron chi connectivity index (χ1n) is 16.0. The molecule has 0 saturated carbocycles. The topological polar surface area (TPSA) is 116 Å². The minimum Gasteiger partial charge on any atom is -0.444 e. The second kappa shape index (κ2) is 14.7. The van der Waals surface area contributed by atoms with Crippen molar-refractivity contribution in [3.8, 4) is 33.6 Å². The van der Waals surface area contributed by atoms with E-state index in [1.54, 1.807) is 22.2 Å². The highest BCUT2D eigenvalue weighted by molar-refractivity contribution is 5.72. The van der Waals surface area contributed by atoms with Crippen molar-refractivity contribution in [2.24, 2.45) is 0 Å². The first-order chi connectivity index (χ1) is 21.7. The number of benzene rings is 2. The molecule has 0 fully saturated rings. The van der Waals surface area contributed by atoms with Gasteiger partial charge >= 0.3 is 12.2 Å². The predicted molar refractivity (Wildman–Crippen MR) is 181 cm³/mol. The van der Waals surface area contributed by atoms with Gasteiger partial charge in [-0.15, -0.1) is 0 Å². The van der Waals surface area contributed by atoms with Gasteiger partial charge in [0.15, 0.2) is 0 Å². The summed E-state index contributed by atoms with van der Waals surface area (Å²) in [5, 5.41) is 0. The van der Waals surface area contributed by atoms with Gasteiger partial charge in [0.05, 0.1) is 36.9 Å². The second-order valence-corrected chi connectivity index (χ2v) is 13.4. The number of aromatic nitrogens is 4. The van der Waals surface area contributed by atoms with Crippen LogP contribution in [0.15, 0.2) is 60.9 Å². The second-order valence-electron chi connectivity index (χ2n) is 13.4. The Labute approximate surface area is 272 Å². The number of carbonyl (C=O) groups is 2. The number of nitrogens with one attached hydrogen (secondary N) is 2. The fraction of sp³-hybridized carbons (Fsp3) is 0.444. The number of hydrogen-bond acceptors (Lipinski definition) is 6. The Kier molecular flexibility index (Phi) is 10.9. The predicted octanol–water partition coefficient (Wildman–Crippen LogP) is 8.43. The van der Waals surface area contributed by atoms with Crippen molar-refractivity contribution in [2.45, 2.75) is 92.5 Å². The number of carbonyl (C=O) groups excluding carboxylic acids is 2. The van der Waals surface area contributed by atoms with Crippen LogP contribution in [0, 0.1) is 0 Å². The van der Waals surface area contributed by atoms with Crippen molar-refractivity contribution in [2.75, 3.05) is 13.1 Å². The molecule has 0 aliphatic heterocycles. The number of imidazole rings is 2. The van der Waals surface area contributed by atoms with E-state index < -0.39 is 11.2 Å². The van der Waals surface area contributed by atoms with Crippen LogP contribution in [0.5, 0.6) is 0 Å². The molecule has 2 heterocycles. The lowest BCUT2D eigenvalue weighted by Gasteiger charge is -2.26. The standard InChI is InChI=1S/C36H48N6O4/c1-9-19-41(33(43)45-35(3,4)5)23-31-37-21-29(39-31)27-15-11-25(12-16-27)26-13-17-28(18-14-26)30-22-38-32(40-30)24-42(20-10-2)34(44)46-36(6,7)8/h11-18,21-22H,9-10,19-20,23-24H2,1-8H3,(H,37,39)(H,38,40). The lowest BCUT2D eigenvalue weighted by Crippen LogP contribution is -2.37. The Balaban J connectivity index is 1.40. The summed E-state index contributed by atoms with van der Waals surface area (Å²) < 4.78 is 11.1. The van der Waals surface area contributed by atoms with Gasteiger partial charge in [-0.25, -0.2) is 19.6 Å². The van der Waals surface area contributed by atoms with E-state index in [1.165, 1.54) is 0 Å². The van der Waals surface area contributed by atoms with Crippen LogP contribution in [0.2, 0.25) is 0 Å². The first kappa shape index (κ1) is 34.3. The van der Waals surface area contributed by atoms with Gasteiger partial charge in [0, 0.05) is 13.1 Å². The summed E-state index contributed by atoms with van der Waals surface area (Å²) in [6.45, 7) is 17.2. The van der Waals surface area contributed by atoms with E-state index in [-0.39, 0.29) is 12.2 Å². The summed E-state index contributed by atoms with van der Waals surface area (Å²) in [6.07, 6.45) is 4.57. The number of nitrogens with zero attached hydrogens (tertiary/aromatic N) is 4. The van der Waals surface area contributed by atoms with E-state index in [0.717, 1.165) is 46.5 Å². The third kappa shape index (κ3) is 9.70. The normalized spacial score (nSPS) is 11.7. The van der Waals surface area contributed by atoms with Gasteiger partial charge in [-0.3, -0.25) is 0 Å². The van der Waals surface area contributed by atoms with Crippen LogP contribution < -0.4 is 0 Å². The van der Waals surface area contributed by atoms with E-state index in [2.05, 4.69) is 68.5 Å². The molecule has 0 bridgehead atoms. The summed E-state index contributed by atoms with van der Waals surface area (Å²) in [7, 11) is 0. The van der Waals surface area contributed by atoms with E-state index >= 15 is 0 Å². The third-order valence-corrected chi connectivity index (χ3v) is 6.95. The molecule has 0 radical (unpaired) electrons. The van der Waals surface area contributed by atoms with E-state index in [4.69, 9.17) is 9.47 Å². The molecule has 4 rings (SSSR count). The maximum absolute atomic E-state index is 12.7. The maximum Gasteiger partial charge on any atom is 0.410 e. The maximum atomic E-state index is 12.7. The van der Waals surface area contributed by atoms with Crippen molar-refractivity contribution in [1.29, 1.82) is 0 Å². The van der Waals surface area contributed by atoms with Gasteiger partial charge < -0.3 is 29.2 Å². The molecule has 0 unspecified atom stereocenters. The Hall–Kier alpha value is -4.60. The van der Waals surface area contributed by atoms with E-state index in [1.807, 2.05) is 55.4 Å². The summed E-state index contributed by atoms with van der Waals surface area (Å²) in [5.41, 5.74) is 4.86. The molecule has 0 spiro atoms. The van der Waals surface area contributed by atoms with Gasteiger partial charge in [-0.1, -0.05) is 62.4 Å². The van der Waals surface area contributed by atoms with Crippen LogP contribution in [-0.4, -0.2) is 66.2 Å². The van der Waals surface area contributed by atoms with Crippen LogP contribution in [-0.2, 0) is 22.6 Å². The fourth-order valence-corrected chi connectivity index (χ4v) is 4.89. The molecule has 10 heteroatoms. The zero-order valence-electron chi connectivity index (χ0n) is 28.4. The lowest BCUT2D eigenvalue weighted by molar-refractivity contribution is 0.0219. The van der Waals surface area contributed by atoms with Gasteiger partial charge in [0.2, 0.25) is 0 Å². The Morgan fingerprint density at radius 1 is 0.609 bits per heavy atom. The minimum absolute atomic E-state index is 0.340. The molecular weight excluding hydrogens is 580 g/mol. The molecule has 246 valence electrons. The lowest BCUT2D eigenvalue weighted by atomic mass is 10.0. The number of aromatic amines is 2. The zero-order chi connectivity index (χ0) is 33.5. The smallest absolute Gasteiger partial charge is 0.410 e.